The summed E-state index contributed by atoms with van der Waals surface area (Å²) in [5, 5.41) is 11.8. The van der Waals surface area contributed by atoms with Gasteiger partial charge in [0.2, 0.25) is 0 Å². The summed E-state index contributed by atoms with van der Waals surface area (Å²) in [7, 11) is 0. The number of aromatic carboxylic acids is 1. The van der Waals surface area contributed by atoms with E-state index in [1.54, 1.807) is 12.1 Å². The number of hydrogen-bond acceptors (Lipinski definition) is 3. The number of carboxylic acid groups (broad SMARTS) is 1. The third-order valence-electron chi connectivity index (χ3n) is 2.48. The lowest BCUT2D eigenvalue weighted by molar-refractivity contribution is 0.0698. The molecule has 2 aromatic rings. The number of anilines is 1. The summed E-state index contributed by atoms with van der Waals surface area (Å²) < 4.78 is 1.79. The highest BCUT2D eigenvalue weighted by atomic mass is 79.9. The van der Waals surface area contributed by atoms with Gasteiger partial charge in [-0.05, 0) is 56.1 Å². The lowest BCUT2D eigenvalue weighted by Gasteiger charge is -2.11. The summed E-state index contributed by atoms with van der Waals surface area (Å²) in [6.07, 6.45) is 1.49. The molecular formula is C13H7Br3N2O3. The maximum Gasteiger partial charge on any atom is 0.337 e. The van der Waals surface area contributed by atoms with Crippen molar-refractivity contribution in [1.29, 1.82) is 0 Å². The number of nitrogens with one attached hydrogen (secondary N) is 1. The van der Waals surface area contributed by atoms with Gasteiger partial charge in [0.15, 0.2) is 0 Å². The number of pyridine rings is 1. The van der Waals surface area contributed by atoms with Gasteiger partial charge < -0.3 is 10.4 Å². The average molecular weight is 479 g/mol. The van der Waals surface area contributed by atoms with E-state index in [1.807, 2.05) is 0 Å². The molecule has 0 aliphatic carbocycles. The maximum absolute atomic E-state index is 12.1. The fourth-order valence-electron chi connectivity index (χ4n) is 1.56. The Morgan fingerprint density at radius 1 is 1.10 bits per heavy atom. The molecule has 2 N–H and O–H groups in total. The first kappa shape index (κ1) is 16.1. The zero-order chi connectivity index (χ0) is 15.6. The number of halogens is 3. The Morgan fingerprint density at radius 3 is 2.38 bits per heavy atom. The molecule has 0 radical (unpaired) electrons. The van der Waals surface area contributed by atoms with Crippen LogP contribution in [0.2, 0.25) is 0 Å². The first-order valence-electron chi connectivity index (χ1n) is 5.53. The number of hydrogen-bond donors (Lipinski definition) is 2. The van der Waals surface area contributed by atoms with E-state index < -0.39 is 11.9 Å². The minimum Gasteiger partial charge on any atom is -0.478 e. The van der Waals surface area contributed by atoms with Crippen molar-refractivity contribution >= 4 is 65.4 Å². The molecule has 0 bridgehead atoms. The van der Waals surface area contributed by atoms with Gasteiger partial charge >= 0.3 is 5.97 Å². The smallest absolute Gasteiger partial charge is 0.337 e. The zero-order valence-electron chi connectivity index (χ0n) is 10.2. The second-order valence-corrected chi connectivity index (χ2v) is 6.62. The molecule has 8 heteroatoms. The van der Waals surface area contributed by atoms with E-state index in [-0.39, 0.29) is 16.9 Å². The molecule has 0 unspecified atom stereocenters. The molecule has 0 fully saturated rings. The molecule has 1 aromatic heterocycles. The molecule has 1 heterocycles. The number of aromatic nitrogens is 1. The Kier molecular flexibility index (Phi) is 5.13. The van der Waals surface area contributed by atoms with Crippen molar-refractivity contribution in [3.8, 4) is 0 Å². The predicted molar refractivity (Wildman–Crippen MR) is 88.7 cm³/mol. The third-order valence-corrected chi connectivity index (χ3v) is 4.04. The molecule has 0 aliphatic heterocycles. The lowest BCUT2D eigenvalue weighted by Crippen LogP contribution is -2.16. The van der Waals surface area contributed by atoms with Crippen molar-refractivity contribution in [1.82, 2.24) is 4.98 Å². The summed E-state index contributed by atoms with van der Waals surface area (Å²) in [4.78, 5) is 27.4. The highest BCUT2D eigenvalue weighted by molar-refractivity contribution is 9.11. The van der Waals surface area contributed by atoms with Gasteiger partial charge in [-0.25, -0.2) is 9.78 Å². The van der Waals surface area contributed by atoms with Crippen molar-refractivity contribution in [2.24, 2.45) is 0 Å². The molecule has 108 valence electrons. The van der Waals surface area contributed by atoms with Crippen LogP contribution < -0.4 is 5.32 Å². The quantitative estimate of drug-likeness (QED) is 0.688. The minimum atomic E-state index is -1.14. The van der Waals surface area contributed by atoms with Crippen LogP contribution in [-0.4, -0.2) is 22.0 Å². The van der Waals surface area contributed by atoms with Gasteiger partial charge in [0, 0.05) is 19.6 Å². The standard InChI is InChI=1S/C13H7Br3N2O3/c14-6-1-2-10(17-5-6)12(19)18-11-8(13(20)21)3-7(15)4-9(11)16/h1-5H,(H,18,19)(H,20,21). The van der Waals surface area contributed by atoms with Gasteiger partial charge in [-0.3, -0.25) is 4.79 Å². The molecule has 0 aliphatic rings. The number of carbonyl (C=O) groups is 2. The largest absolute Gasteiger partial charge is 0.478 e. The fraction of sp³-hybridized carbons (Fsp3) is 0. The van der Waals surface area contributed by atoms with Crippen LogP contribution in [0.5, 0.6) is 0 Å². The molecule has 0 saturated carbocycles. The summed E-state index contributed by atoms with van der Waals surface area (Å²) in [6, 6.07) is 6.28. The Hall–Kier alpha value is -1.25. The van der Waals surface area contributed by atoms with Crippen molar-refractivity contribution < 1.29 is 14.7 Å². The number of nitrogens with zero attached hydrogens (tertiary/aromatic N) is 1. The first-order valence-corrected chi connectivity index (χ1v) is 7.91. The van der Waals surface area contributed by atoms with Gasteiger partial charge in [-0.15, -0.1) is 0 Å². The Balaban J connectivity index is 2.37. The number of carboxylic acids is 1. The van der Waals surface area contributed by atoms with Crippen LogP contribution in [0.15, 0.2) is 43.9 Å². The van der Waals surface area contributed by atoms with Crippen LogP contribution in [0.1, 0.15) is 20.8 Å². The first-order chi connectivity index (χ1) is 9.88. The molecular weight excluding hydrogens is 472 g/mol. The Morgan fingerprint density at radius 2 is 1.81 bits per heavy atom. The summed E-state index contributed by atoms with van der Waals surface area (Å²) >= 11 is 9.68. The van der Waals surface area contributed by atoms with Gasteiger partial charge in [0.1, 0.15) is 5.69 Å². The topological polar surface area (TPSA) is 79.3 Å². The number of amides is 1. The highest BCUT2D eigenvalue weighted by Gasteiger charge is 2.18. The van der Waals surface area contributed by atoms with Gasteiger partial charge in [0.05, 0.1) is 11.3 Å². The van der Waals surface area contributed by atoms with Gasteiger partial charge in [0.25, 0.3) is 5.91 Å². The van der Waals surface area contributed by atoms with Crippen molar-refractivity contribution in [2.75, 3.05) is 5.32 Å². The molecule has 2 rings (SSSR count). The van der Waals surface area contributed by atoms with Crippen LogP contribution in [0, 0.1) is 0 Å². The average Bonchev–Trinajstić information content (AvgIpc) is 2.41. The van der Waals surface area contributed by atoms with Crippen LogP contribution in [0.25, 0.3) is 0 Å². The Bertz CT molecular complexity index is 717. The summed E-state index contributed by atoms with van der Waals surface area (Å²) in [6.45, 7) is 0. The normalized spacial score (nSPS) is 10.2. The molecule has 0 saturated heterocycles. The third kappa shape index (κ3) is 3.90. The van der Waals surface area contributed by atoms with Gasteiger partial charge in [-0.2, -0.15) is 0 Å². The van der Waals surface area contributed by atoms with Crippen molar-refractivity contribution in [3.05, 3.63) is 55.1 Å². The maximum atomic E-state index is 12.1. The SMILES string of the molecule is O=C(Nc1c(Br)cc(Br)cc1C(=O)O)c1ccc(Br)cn1. The van der Waals surface area contributed by atoms with E-state index in [1.165, 1.54) is 18.3 Å². The van der Waals surface area contributed by atoms with Crippen LogP contribution in [0.3, 0.4) is 0 Å². The molecule has 5 nitrogen and oxygen atoms in total. The molecule has 0 spiro atoms. The molecule has 1 amide bonds. The molecule has 21 heavy (non-hydrogen) atoms. The second kappa shape index (κ2) is 6.67. The number of carbonyl (C=O) groups excluding carboxylic acids is 1. The lowest BCUT2D eigenvalue weighted by atomic mass is 10.1. The summed E-state index contributed by atoms with van der Waals surface area (Å²) in [5.41, 5.74) is 0.339. The fourth-order valence-corrected chi connectivity index (χ4v) is 3.12. The molecule has 1 aromatic carbocycles. The minimum absolute atomic E-state index is 0.0262. The van der Waals surface area contributed by atoms with Gasteiger partial charge in [-0.1, -0.05) is 15.9 Å². The second-order valence-electron chi connectivity index (χ2n) is 3.93. The van der Waals surface area contributed by atoms with Crippen LogP contribution >= 0.6 is 47.8 Å². The van der Waals surface area contributed by atoms with Crippen LogP contribution in [0.4, 0.5) is 5.69 Å². The van der Waals surface area contributed by atoms with E-state index in [4.69, 9.17) is 0 Å². The monoisotopic (exact) mass is 476 g/mol. The number of rotatable bonds is 3. The van der Waals surface area contributed by atoms with E-state index in [0.29, 0.717) is 8.95 Å². The molecule has 0 atom stereocenters. The van der Waals surface area contributed by atoms with E-state index >= 15 is 0 Å². The number of benzene rings is 1. The van der Waals surface area contributed by atoms with E-state index in [2.05, 4.69) is 58.1 Å². The highest BCUT2D eigenvalue weighted by Crippen LogP contribution is 2.31. The van der Waals surface area contributed by atoms with Crippen molar-refractivity contribution in [2.45, 2.75) is 0 Å². The van der Waals surface area contributed by atoms with Crippen molar-refractivity contribution in [3.63, 3.8) is 0 Å². The zero-order valence-corrected chi connectivity index (χ0v) is 15.0. The van der Waals surface area contributed by atoms with E-state index in [9.17, 15) is 14.7 Å². The summed E-state index contributed by atoms with van der Waals surface area (Å²) in [5.74, 6) is -1.64. The van der Waals surface area contributed by atoms with Crippen LogP contribution in [-0.2, 0) is 0 Å². The van der Waals surface area contributed by atoms with E-state index in [0.717, 1.165) is 4.47 Å². The Labute approximate surface area is 145 Å². The predicted octanol–water partition coefficient (Wildman–Crippen LogP) is 4.32.